The highest BCUT2D eigenvalue weighted by molar-refractivity contribution is 5.75. The number of pyridine rings is 1. The maximum Gasteiger partial charge on any atom is 0.317 e. The lowest BCUT2D eigenvalue weighted by atomic mass is 10.1. The Kier molecular flexibility index (Phi) is 5.14. The number of piperazine rings is 1. The van der Waals surface area contributed by atoms with Crippen molar-refractivity contribution in [1.82, 2.24) is 15.2 Å². The van der Waals surface area contributed by atoms with E-state index in [4.69, 9.17) is 0 Å². The fraction of sp³-hybridized carbons (Fsp3) is 0.647. The van der Waals surface area contributed by atoms with Crippen LogP contribution in [0, 0.1) is 0 Å². The van der Waals surface area contributed by atoms with Crippen molar-refractivity contribution in [3.05, 3.63) is 24.5 Å². The van der Waals surface area contributed by atoms with Gasteiger partial charge in [-0.2, -0.15) is 0 Å². The third kappa shape index (κ3) is 3.90. The molecule has 2 fully saturated rings. The number of nitrogens with zero attached hydrogens (tertiary/aromatic N) is 3. The maximum atomic E-state index is 12.4. The molecule has 120 valence electrons. The highest BCUT2D eigenvalue weighted by atomic mass is 16.2. The number of rotatable bonds is 2. The lowest BCUT2D eigenvalue weighted by Crippen LogP contribution is -2.53. The van der Waals surface area contributed by atoms with Crippen LogP contribution in [0.1, 0.15) is 38.5 Å². The number of aromatic nitrogens is 1. The number of carbonyl (C=O) groups is 1. The molecule has 1 N–H and O–H groups in total. The normalized spacial score (nSPS) is 20.5. The summed E-state index contributed by atoms with van der Waals surface area (Å²) in [6.45, 7) is 3.37. The summed E-state index contributed by atoms with van der Waals surface area (Å²) >= 11 is 0. The summed E-state index contributed by atoms with van der Waals surface area (Å²) in [7, 11) is 0. The molecule has 0 radical (unpaired) electrons. The van der Waals surface area contributed by atoms with Gasteiger partial charge in [0.15, 0.2) is 0 Å². The Balaban J connectivity index is 1.47. The first-order valence-electron chi connectivity index (χ1n) is 8.53. The minimum absolute atomic E-state index is 0.126. The van der Waals surface area contributed by atoms with E-state index in [0.29, 0.717) is 6.04 Å². The fourth-order valence-electron chi connectivity index (χ4n) is 3.41. The summed E-state index contributed by atoms with van der Waals surface area (Å²) in [5.41, 5.74) is 1.19. The van der Waals surface area contributed by atoms with Crippen molar-refractivity contribution in [3.63, 3.8) is 0 Å². The van der Waals surface area contributed by atoms with E-state index in [1.54, 1.807) is 0 Å². The van der Waals surface area contributed by atoms with E-state index in [0.717, 1.165) is 39.0 Å². The molecule has 2 amide bonds. The van der Waals surface area contributed by atoms with Gasteiger partial charge in [0.05, 0.1) is 0 Å². The van der Waals surface area contributed by atoms with Crippen molar-refractivity contribution in [2.75, 3.05) is 31.1 Å². The van der Waals surface area contributed by atoms with Crippen molar-refractivity contribution in [2.45, 2.75) is 44.6 Å². The summed E-state index contributed by atoms with van der Waals surface area (Å²) < 4.78 is 0. The molecule has 0 aromatic carbocycles. The number of hydrogen-bond donors (Lipinski definition) is 1. The number of hydrogen-bond acceptors (Lipinski definition) is 3. The van der Waals surface area contributed by atoms with Crippen molar-refractivity contribution in [3.8, 4) is 0 Å². The van der Waals surface area contributed by atoms with Gasteiger partial charge in [-0.1, -0.05) is 25.7 Å². The molecule has 2 heterocycles. The summed E-state index contributed by atoms with van der Waals surface area (Å²) in [6.07, 6.45) is 11.1. The Hall–Kier alpha value is -1.78. The summed E-state index contributed by atoms with van der Waals surface area (Å²) in [5.74, 6) is 0. The zero-order valence-corrected chi connectivity index (χ0v) is 13.2. The van der Waals surface area contributed by atoms with Crippen LogP contribution in [0.3, 0.4) is 0 Å². The SMILES string of the molecule is O=C(NC1CCCCCC1)N1CCN(c2ccncc2)CC1. The van der Waals surface area contributed by atoms with E-state index < -0.39 is 0 Å². The van der Waals surface area contributed by atoms with Crippen LogP contribution in [-0.4, -0.2) is 48.1 Å². The smallest absolute Gasteiger partial charge is 0.317 e. The van der Waals surface area contributed by atoms with Crippen LogP contribution in [-0.2, 0) is 0 Å². The Morgan fingerprint density at radius 3 is 2.27 bits per heavy atom. The summed E-state index contributed by atoms with van der Waals surface area (Å²) in [5, 5.41) is 3.24. The van der Waals surface area contributed by atoms with E-state index in [9.17, 15) is 4.79 Å². The topological polar surface area (TPSA) is 48.5 Å². The molecule has 1 saturated carbocycles. The second kappa shape index (κ2) is 7.47. The number of urea groups is 1. The first-order valence-corrected chi connectivity index (χ1v) is 8.53. The Morgan fingerprint density at radius 2 is 1.64 bits per heavy atom. The minimum atomic E-state index is 0.126. The van der Waals surface area contributed by atoms with E-state index in [2.05, 4.69) is 15.2 Å². The maximum absolute atomic E-state index is 12.4. The van der Waals surface area contributed by atoms with Gasteiger partial charge in [0, 0.05) is 50.3 Å². The van der Waals surface area contributed by atoms with E-state index in [1.165, 1.54) is 31.4 Å². The predicted molar refractivity (Wildman–Crippen MR) is 88.0 cm³/mol. The molecular formula is C17H26N4O. The largest absolute Gasteiger partial charge is 0.368 e. The zero-order chi connectivity index (χ0) is 15.2. The Bertz CT molecular complexity index is 463. The first-order chi connectivity index (χ1) is 10.8. The Morgan fingerprint density at radius 1 is 1.00 bits per heavy atom. The highest BCUT2D eigenvalue weighted by Crippen LogP contribution is 2.18. The van der Waals surface area contributed by atoms with E-state index in [1.807, 2.05) is 29.4 Å². The van der Waals surface area contributed by atoms with Crippen LogP contribution in [0.15, 0.2) is 24.5 Å². The standard InChI is InChI=1S/C17H26N4O/c22-17(19-15-5-3-1-2-4-6-15)21-13-11-20(12-14-21)16-7-9-18-10-8-16/h7-10,15H,1-6,11-14H2,(H,19,22). The van der Waals surface area contributed by atoms with Gasteiger partial charge in [0.1, 0.15) is 0 Å². The zero-order valence-electron chi connectivity index (χ0n) is 13.2. The van der Waals surface area contributed by atoms with Crippen LogP contribution >= 0.6 is 0 Å². The van der Waals surface area contributed by atoms with Crippen molar-refractivity contribution in [1.29, 1.82) is 0 Å². The van der Waals surface area contributed by atoms with Gasteiger partial charge in [-0.05, 0) is 25.0 Å². The van der Waals surface area contributed by atoms with Crippen molar-refractivity contribution in [2.24, 2.45) is 0 Å². The number of carbonyl (C=O) groups excluding carboxylic acids is 1. The molecule has 5 nitrogen and oxygen atoms in total. The minimum Gasteiger partial charge on any atom is -0.368 e. The van der Waals surface area contributed by atoms with Crippen LogP contribution in [0.2, 0.25) is 0 Å². The second-order valence-electron chi connectivity index (χ2n) is 6.32. The van der Waals surface area contributed by atoms with Gasteiger partial charge < -0.3 is 15.1 Å². The van der Waals surface area contributed by atoms with Gasteiger partial charge in [-0.15, -0.1) is 0 Å². The predicted octanol–water partition coefficient (Wildman–Crippen LogP) is 2.64. The molecule has 1 aliphatic carbocycles. The quantitative estimate of drug-likeness (QED) is 0.854. The molecule has 1 saturated heterocycles. The number of anilines is 1. The van der Waals surface area contributed by atoms with E-state index >= 15 is 0 Å². The molecule has 1 aliphatic heterocycles. The third-order valence-electron chi connectivity index (χ3n) is 4.78. The fourth-order valence-corrected chi connectivity index (χ4v) is 3.41. The molecule has 3 rings (SSSR count). The van der Waals surface area contributed by atoms with Gasteiger partial charge in [0.2, 0.25) is 0 Å². The molecule has 5 heteroatoms. The molecule has 0 bridgehead atoms. The Labute approximate surface area is 132 Å². The molecule has 1 aromatic heterocycles. The monoisotopic (exact) mass is 302 g/mol. The average Bonchev–Trinajstić information content (AvgIpc) is 2.84. The second-order valence-corrected chi connectivity index (χ2v) is 6.32. The number of amides is 2. The first kappa shape index (κ1) is 15.1. The van der Waals surface area contributed by atoms with Gasteiger partial charge in [-0.3, -0.25) is 4.98 Å². The summed E-state index contributed by atoms with van der Waals surface area (Å²) in [6, 6.07) is 4.57. The molecule has 2 aliphatic rings. The van der Waals surface area contributed by atoms with Crippen LogP contribution < -0.4 is 10.2 Å². The van der Waals surface area contributed by atoms with Crippen molar-refractivity contribution < 1.29 is 4.79 Å². The number of nitrogens with one attached hydrogen (secondary N) is 1. The molecule has 0 spiro atoms. The lowest BCUT2D eigenvalue weighted by Gasteiger charge is -2.36. The average molecular weight is 302 g/mol. The van der Waals surface area contributed by atoms with Crippen LogP contribution in [0.5, 0.6) is 0 Å². The highest BCUT2D eigenvalue weighted by Gasteiger charge is 2.23. The molecule has 22 heavy (non-hydrogen) atoms. The van der Waals surface area contributed by atoms with Crippen LogP contribution in [0.4, 0.5) is 10.5 Å². The lowest BCUT2D eigenvalue weighted by molar-refractivity contribution is 0.189. The van der Waals surface area contributed by atoms with Crippen LogP contribution in [0.25, 0.3) is 0 Å². The molecule has 1 aromatic rings. The third-order valence-corrected chi connectivity index (χ3v) is 4.78. The molecule has 0 atom stereocenters. The van der Waals surface area contributed by atoms with E-state index in [-0.39, 0.29) is 6.03 Å². The molecule has 0 unspecified atom stereocenters. The molecular weight excluding hydrogens is 276 g/mol. The van der Waals surface area contributed by atoms with Crippen molar-refractivity contribution >= 4 is 11.7 Å². The van der Waals surface area contributed by atoms with Gasteiger partial charge >= 0.3 is 6.03 Å². The van der Waals surface area contributed by atoms with Gasteiger partial charge in [-0.25, -0.2) is 4.79 Å². The van der Waals surface area contributed by atoms with Gasteiger partial charge in [0.25, 0.3) is 0 Å². The summed E-state index contributed by atoms with van der Waals surface area (Å²) in [4.78, 5) is 20.7.